The van der Waals surface area contributed by atoms with Gasteiger partial charge < -0.3 is 10.4 Å². The van der Waals surface area contributed by atoms with E-state index in [1.165, 1.54) is 16.7 Å². The Kier molecular flexibility index (Phi) is 4.41. The number of hydrogen-bond donors (Lipinski definition) is 2. The maximum Gasteiger partial charge on any atom is 0.0540 e. The molecule has 1 aromatic carbocycles. The number of aliphatic hydroxyl groups excluding tert-OH is 1. The van der Waals surface area contributed by atoms with Crippen LogP contribution < -0.4 is 5.32 Å². The van der Waals surface area contributed by atoms with Crippen molar-refractivity contribution in [3.05, 3.63) is 34.9 Å². The summed E-state index contributed by atoms with van der Waals surface area (Å²) >= 11 is 0. The molecule has 0 bridgehead atoms. The van der Waals surface area contributed by atoms with Gasteiger partial charge in [-0.3, -0.25) is 0 Å². The van der Waals surface area contributed by atoms with Crippen molar-refractivity contribution in [2.24, 2.45) is 5.92 Å². The maximum atomic E-state index is 9.62. The van der Waals surface area contributed by atoms with E-state index in [1.807, 2.05) is 0 Å². The molecular formula is C16H25NO. The second-order valence-corrected chi connectivity index (χ2v) is 5.69. The molecule has 2 nitrogen and oxygen atoms in total. The summed E-state index contributed by atoms with van der Waals surface area (Å²) in [7, 11) is 2.05. The summed E-state index contributed by atoms with van der Waals surface area (Å²) in [6.45, 7) is 4.34. The zero-order chi connectivity index (χ0) is 13.1. The van der Waals surface area contributed by atoms with Crippen molar-refractivity contribution in [1.29, 1.82) is 0 Å². The van der Waals surface area contributed by atoms with Gasteiger partial charge in [0, 0.05) is 6.04 Å². The number of aryl methyl sites for hydroxylation is 2. The lowest BCUT2D eigenvalue weighted by atomic mass is 9.79. The molecule has 0 aromatic heterocycles. The lowest BCUT2D eigenvalue weighted by molar-refractivity contribution is 0.0981. The third-order valence-corrected chi connectivity index (χ3v) is 4.28. The number of aliphatic hydroxyl groups is 1. The summed E-state index contributed by atoms with van der Waals surface area (Å²) in [5.41, 5.74) is 4.12. The molecule has 0 amide bonds. The van der Waals surface area contributed by atoms with Gasteiger partial charge in [-0.25, -0.2) is 0 Å². The largest absolute Gasteiger partial charge is 0.393 e. The van der Waals surface area contributed by atoms with Gasteiger partial charge in [0.05, 0.1) is 6.10 Å². The lowest BCUT2D eigenvalue weighted by Crippen LogP contribution is -2.30. The minimum absolute atomic E-state index is 0.0714. The molecule has 100 valence electrons. The molecule has 0 radical (unpaired) electrons. The summed E-state index contributed by atoms with van der Waals surface area (Å²) < 4.78 is 0. The first-order chi connectivity index (χ1) is 8.61. The van der Waals surface area contributed by atoms with Gasteiger partial charge in [-0.1, -0.05) is 23.8 Å². The molecule has 0 aliphatic heterocycles. The van der Waals surface area contributed by atoms with Crippen LogP contribution in [0.5, 0.6) is 0 Å². The van der Waals surface area contributed by atoms with E-state index in [4.69, 9.17) is 0 Å². The molecule has 18 heavy (non-hydrogen) atoms. The molecule has 0 spiro atoms. The van der Waals surface area contributed by atoms with E-state index < -0.39 is 0 Å². The number of hydrogen-bond acceptors (Lipinski definition) is 2. The van der Waals surface area contributed by atoms with Crippen molar-refractivity contribution in [3.63, 3.8) is 0 Å². The SMILES string of the molecule is CNC(c1ccc(C)cc1C)C1CCC(O)CC1. The van der Waals surface area contributed by atoms with Gasteiger partial charge in [-0.15, -0.1) is 0 Å². The van der Waals surface area contributed by atoms with E-state index >= 15 is 0 Å². The van der Waals surface area contributed by atoms with Crippen molar-refractivity contribution in [2.45, 2.75) is 51.7 Å². The summed E-state index contributed by atoms with van der Waals surface area (Å²) in [5, 5.41) is 13.1. The maximum absolute atomic E-state index is 9.62. The number of benzene rings is 1. The predicted molar refractivity (Wildman–Crippen MR) is 75.7 cm³/mol. The molecule has 2 rings (SSSR count). The van der Waals surface area contributed by atoms with E-state index in [-0.39, 0.29) is 6.10 Å². The first kappa shape index (κ1) is 13.6. The Labute approximate surface area is 110 Å². The molecule has 2 N–H and O–H groups in total. The Morgan fingerprint density at radius 2 is 1.83 bits per heavy atom. The number of rotatable bonds is 3. The van der Waals surface area contributed by atoms with Gasteiger partial charge in [-0.05, 0) is 63.6 Å². The van der Waals surface area contributed by atoms with Crippen molar-refractivity contribution >= 4 is 0 Å². The van der Waals surface area contributed by atoms with Crippen LogP contribution in [0.25, 0.3) is 0 Å². The summed E-state index contributed by atoms with van der Waals surface area (Å²) in [5.74, 6) is 0.653. The normalized spacial score (nSPS) is 26.0. The predicted octanol–water partition coefficient (Wildman–Crippen LogP) is 3.12. The van der Waals surface area contributed by atoms with E-state index in [1.54, 1.807) is 0 Å². The standard InChI is InChI=1S/C16H25NO/c1-11-4-9-15(12(2)10-11)16(17-3)13-5-7-14(18)8-6-13/h4,9-10,13-14,16-18H,5-8H2,1-3H3. The van der Waals surface area contributed by atoms with Crippen LogP contribution in [0.2, 0.25) is 0 Å². The molecule has 1 fully saturated rings. The molecule has 1 atom stereocenters. The molecule has 0 heterocycles. The molecule has 1 unspecified atom stereocenters. The fourth-order valence-corrected chi connectivity index (χ4v) is 3.25. The fraction of sp³-hybridized carbons (Fsp3) is 0.625. The average molecular weight is 247 g/mol. The third kappa shape index (κ3) is 2.93. The van der Waals surface area contributed by atoms with Gasteiger partial charge in [0.25, 0.3) is 0 Å². The van der Waals surface area contributed by atoms with Crippen LogP contribution in [-0.4, -0.2) is 18.3 Å². The van der Waals surface area contributed by atoms with Crippen molar-refractivity contribution < 1.29 is 5.11 Å². The Morgan fingerprint density at radius 1 is 1.17 bits per heavy atom. The van der Waals surface area contributed by atoms with Crippen LogP contribution in [0.4, 0.5) is 0 Å². The molecule has 0 saturated heterocycles. The molecule has 1 saturated carbocycles. The quantitative estimate of drug-likeness (QED) is 0.860. The smallest absolute Gasteiger partial charge is 0.0540 e. The van der Waals surface area contributed by atoms with E-state index in [0.717, 1.165) is 25.7 Å². The van der Waals surface area contributed by atoms with Gasteiger partial charge in [0.1, 0.15) is 0 Å². The highest BCUT2D eigenvalue weighted by molar-refractivity contribution is 5.33. The molecule has 1 aliphatic carbocycles. The van der Waals surface area contributed by atoms with Crippen molar-refractivity contribution in [1.82, 2.24) is 5.32 Å². The van der Waals surface area contributed by atoms with Gasteiger partial charge in [0.2, 0.25) is 0 Å². The van der Waals surface area contributed by atoms with Gasteiger partial charge in [-0.2, -0.15) is 0 Å². The second-order valence-electron chi connectivity index (χ2n) is 5.69. The Morgan fingerprint density at radius 3 is 2.39 bits per heavy atom. The lowest BCUT2D eigenvalue weighted by Gasteiger charge is -2.33. The average Bonchev–Trinajstić information content (AvgIpc) is 2.35. The Balaban J connectivity index is 2.17. The van der Waals surface area contributed by atoms with Crippen molar-refractivity contribution in [2.75, 3.05) is 7.05 Å². The second kappa shape index (κ2) is 5.85. The minimum atomic E-state index is -0.0714. The van der Waals surface area contributed by atoms with Gasteiger partial charge >= 0.3 is 0 Å². The molecule has 1 aliphatic rings. The van der Waals surface area contributed by atoms with Crippen LogP contribution in [-0.2, 0) is 0 Å². The summed E-state index contributed by atoms with van der Waals surface area (Å²) in [6.07, 6.45) is 4.08. The first-order valence-electron chi connectivity index (χ1n) is 7.04. The van der Waals surface area contributed by atoms with Crippen molar-refractivity contribution in [3.8, 4) is 0 Å². The molecular weight excluding hydrogens is 222 g/mol. The van der Waals surface area contributed by atoms with Crippen LogP contribution in [0.3, 0.4) is 0 Å². The van der Waals surface area contributed by atoms with Crippen LogP contribution in [0.1, 0.15) is 48.4 Å². The zero-order valence-corrected chi connectivity index (χ0v) is 11.7. The van der Waals surface area contributed by atoms with E-state index in [0.29, 0.717) is 12.0 Å². The molecule has 2 heteroatoms. The molecule has 1 aromatic rings. The van der Waals surface area contributed by atoms with E-state index in [2.05, 4.69) is 44.4 Å². The fourth-order valence-electron chi connectivity index (χ4n) is 3.25. The summed E-state index contributed by atoms with van der Waals surface area (Å²) in [4.78, 5) is 0. The Bertz CT molecular complexity index is 394. The number of nitrogens with one attached hydrogen (secondary N) is 1. The topological polar surface area (TPSA) is 32.3 Å². The highest BCUT2D eigenvalue weighted by Crippen LogP contribution is 2.35. The zero-order valence-electron chi connectivity index (χ0n) is 11.7. The van der Waals surface area contributed by atoms with Crippen LogP contribution in [0, 0.1) is 19.8 Å². The third-order valence-electron chi connectivity index (χ3n) is 4.28. The highest BCUT2D eigenvalue weighted by atomic mass is 16.3. The first-order valence-corrected chi connectivity index (χ1v) is 7.04. The van der Waals surface area contributed by atoms with E-state index in [9.17, 15) is 5.11 Å². The van der Waals surface area contributed by atoms with Crippen LogP contribution in [0.15, 0.2) is 18.2 Å². The highest BCUT2D eigenvalue weighted by Gasteiger charge is 2.27. The Hall–Kier alpha value is -0.860. The summed E-state index contributed by atoms with van der Waals surface area (Å²) in [6, 6.07) is 7.15. The monoisotopic (exact) mass is 247 g/mol. The minimum Gasteiger partial charge on any atom is -0.393 e. The van der Waals surface area contributed by atoms with Gasteiger partial charge in [0.15, 0.2) is 0 Å². The van der Waals surface area contributed by atoms with Crippen LogP contribution >= 0.6 is 0 Å².